The van der Waals surface area contributed by atoms with Gasteiger partial charge < -0.3 is 14.2 Å². The molecule has 3 fully saturated rings. The Hall–Kier alpha value is -1.47. The van der Waals surface area contributed by atoms with Gasteiger partial charge in [0.2, 0.25) is 5.91 Å². The van der Waals surface area contributed by atoms with Gasteiger partial charge in [0.1, 0.15) is 6.10 Å². The van der Waals surface area contributed by atoms with Crippen molar-refractivity contribution in [2.75, 3.05) is 26.3 Å². The van der Waals surface area contributed by atoms with Gasteiger partial charge in [0.15, 0.2) is 5.82 Å². The van der Waals surface area contributed by atoms with Crippen LogP contribution >= 0.6 is 0 Å². The van der Waals surface area contributed by atoms with Gasteiger partial charge in [-0.25, -0.2) is 0 Å². The van der Waals surface area contributed by atoms with E-state index in [1.807, 2.05) is 11.8 Å². The topological polar surface area (TPSA) is 71.7 Å². The Morgan fingerprint density at radius 3 is 2.75 bits per heavy atom. The highest BCUT2D eigenvalue weighted by Gasteiger charge is 2.48. The summed E-state index contributed by atoms with van der Waals surface area (Å²) in [6.07, 6.45) is 5.44. The summed E-state index contributed by atoms with van der Waals surface area (Å²) in [6.45, 7) is 6.92. The molecule has 1 saturated carbocycles. The van der Waals surface area contributed by atoms with Crippen LogP contribution in [-0.4, -0.2) is 58.3 Å². The predicted molar refractivity (Wildman–Crippen MR) is 86.0 cm³/mol. The standard InChI is InChI=1S/C17H26N4O3/c1-12-9-20(10-14(23-12)15-18-13(2)19-24-15)11-21-8-7-17(16(21)22)5-3-4-6-17/h12,14H,3-11H2,1-2H3/t12-,14-/m1/s1. The molecule has 1 aromatic heterocycles. The highest BCUT2D eigenvalue weighted by Crippen LogP contribution is 2.46. The minimum atomic E-state index is -0.215. The van der Waals surface area contributed by atoms with Crippen LogP contribution in [0.2, 0.25) is 0 Å². The van der Waals surface area contributed by atoms with E-state index >= 15 is 0 Å². The third-order valence-electron chi connectivity index (χ3n) is 5.69. The second-order valence-electron chi connectivity index (χ2n) is 7.60. The first kappa shape index (κ1) is 16.0. The molecule has 0 bridgehead atoms. The molecule has 2 saturated heterocycles. The Balaban J connectivity index is 1.42. The fourth-order valence-corrected chi connectivity index (χ4v) is 4.52. The zero-order chi connectivity index (χ0) is 16.7. The van der Waals surface area contributed by atoms with E-state index in [1.165, 1.54) is 12.8 Å². The Morgan fingerprint density at radius 1 is 1.25 bits per heavy atom. The monoisotopic (exact) mass is 334 g/mol. The third-order valence-corrected chi connectivity index (χ3v) is 5.69. The molecule has 1 amide bonds. The predicted octanol–water partition coefficient (Wildman–Crippen LogP) is 1.89. The number of aromatic nitrogens is 2. The maximum atomic E-state index is 12.9. The summed E-state index contributed by atoms with van der Waals surface area (Å²) in [5.41, 5.74) is -0.0408. The molecule has 1 aliphatic carbocycles. The Labute approximate surface area is 142 Å². The molecule has 2 aliphatic heterocycles. The van der Waals surface area contributed by atoms with Crippen molar-refractivity contribution in [3.05, 3.63) is 11.7 Å². The minimum absolute atomic E-state index is 0.0408. The molecule has 7 nitrogen and oxygen atoms in total. The molecule has 132 valence electrons. The third kappa shape index (κ3) is 2.84. The fraction of sp³-hybridized carbons (Fsp3) is 0.824. The Morgan fingerprint density at radius 2 is 2.04 bits per heavy atom. The van der Waals surface area contributed by atoms with Crippen molar-refractivity contribution in [1.29, 1.82) is 0 Å². The SMILES string of the molecule is Cc1noc([C@H]2CN(CN3CCC4(CCCC4)C3=O)C[C@@H](C)O2)n1. The summed E-state index contributed by atoms with van der Waals surface area (Å²) in [5.74, 6) is 1.52. The molecule has 0 radical (unpaired) electrons. The molecular weight excluding hydrogens is 308 g/mol. The van der Waals surface area contributed by atoms with Crippen molar-refractivity contribution in [2.45, 2.75) is 58.2 Å². The van der Waals surface area contributed by atoms with Crippen LogP contribution < -0.4 is 0 Å². The number of nitrogens with zero attached hydrogens (tertiary/aromatic N) is 4. The molecule has 1 aromatic rings. The van der Waals surface area contributed by atoms with Gasteiger partial charge >= 0.3 is 0 Å². The molecule has 2 atom stereocenters. The van der Waals surface area contributed by atoms with Crippen LogP contribution in [0.1, 0.15) is 56.8 Å². The average molecular weight is 334 g/mol. The van der Waals surface area contributed by atoms with Gasteiger partial charge in [0, 0.05) is 19.6 Å². The van der Waals surface area contributed by atoms with Gasteiger partial charge in [0.25, 0.3) is 5.89 Å². The average Bonchev–Trinajstić information content (AvgIpc) is 3.25. The lowest BCUT2D eigenvalue weighted by Crippen LogP contribution is -2.49. The Kier molecular flexibility index (Phi) is 4.08. The zero-order valence-electron chi connectivity index (χ0n) is 14.5. The van der Waals surface area contributed by atoms with Gasteiger partial charge in [0.05, 0.1) is 18.2 Å². The number of hydrogen-bond acceptors (Lipinski definition) is 6. The van der Waals surface area contributed by atoms with E-state index in [-0.39, 0.29) is 17.6 Å². The highest BCUT2D eigenvalue weighted by atomic mass is 16.5. The van der Waals surface area contributed by atoms with Crippen LogP contribution in [0, 0.1) is 12.3 Å². The largest absolute Gasteiger partial charge is 0.363 e. The van der Waals surface area contributed by atoms with Gasteiger partial charge in [-0.2, -0.15) is 4.98 Å². The molecule has 3 aliphatic rings. The second-order valence-corrected chi connectivity index (χ2v) is 7.60. The molecule has 3 heterocycles. The van der Waals surface area contributed by atoms with E-state index in [0.717, 1.165) is 32.4 Å². The van der Waals surface area contributed by atoms with E-state index in [4.69, 9.17) is 9.26 Å². The minimum Gasteiger partial charge on any atom is -0.363 e. The first-order valence-corrected chi connectivity index (χ1v) is 9.03. The number of hydrogen-bond donors (Lipinski definition) is 0. The first-order chi connectivity index (χ1) is 11.6. The fourth-order valence-electron chi connectivity index (χ4n) is 4.52. The summed E-state index contributed by atoms with van der Waals surface area (Å²) in [4.78, 5) is 21.5. The summed E-state index contributed by atoms with van der Waals surface area (Å²) >= 11 is 0. The molecule has 0 N–H and O–H groups in total. The Bertz CT molecular complexity index is 611. The quantitative estimate of drug-likeness (QED) is 0.840. The number of carbonyl (C=O) groups is 1. The van der Waals surface area contributed by atoms with E-state index in [1.54, 1.807) is 6.92 Å². The molecule has 1 spiro atoms. The summed E-state index contributed by atoms with van der Waals surface area (Å²) in [6, 6.07) is 0. The van der Waals surface area contributed by atoms with Crippen LogP contribution in [0.25, 0.3) is 0 Å². The van der Waals surface area contributed by atoms with E-state index in [9.17, 15) is 4.79 Å². The molecule has 24 heavy (non-hydrogen) atoms. The normalized spacial score (nSPS) is 30.6. The van der Waals surface area contributed by atoms with Gasteiger partial charge in [-0.3, -0.25) is 9.69 Å². The summed E-state index contributed by atoms with van der Waals surface area (Å²) < 4.78 is 11.2. The second kappa shape index (κ2) is 6.11. The van der Waals surface area contributed by atoms with Crippen molar-refractivity contribution in [3.8, 4) is 0 Å². The van der Waals surface area contributed by atoms with Crippen LogP contribution in [0.5, 0.6) is 0 Å². The molecule has 0 unspecified atom stereocenters. The number of carbonyl (C=O) groups excluding carboxylic acids is 1. The number of likely N-dealkylation sites (tertiary alicyclic amines) is 1. The van der Waals surface area contributed by atoms with Gasteiger partial charge in [-0.1, -0.05) is 18.0 Å². The van der Waals surface area contributed by atoms with Crippen molar-refractivity contribution in [1.82, 2.24) is 19.9 Å². The van der Waals surface area contributed by atoms with Crippen molar-refractivity contribution in [3.63, 3.8) is 0 Å². The first-order valence-electron chi connectivity index (χ1n) is 9.03. The van der Waals surface area contributed by atoms with Crippen molar-refractivity contribution >= 4 is 5.91 Å². The van der Waals surface area contributed by atoms with Gasteiger partial charge in [-0.15, -0.1) is 0 Å². The van der Waals surface area contributed by atoms with Crippen molar-refractivity contribution < 1.29 is 14.1 Å². The summed E-state index contributed by atoms with van der Waals surface area (Å²) in [5, 5.41) is 3.86. The van der Waals surface area contributed by atoms with Crippen LogP contribution in [0.3, 0.4) is 0 Å². The van der Waals surface area contributed by atoms with E-state index in [0.29, 0.717) is 30.8 Å². The number of morpholine rings is 1. The lowest BCUT2D eigenvalue weighted by molar-refractivity contribution is -0.141. The van der Waals surface area contributed by atoms with Crippen LogP contribution in [0.4, 0.5) is 0 Å². The number of aryl methyl sites for hydroxylation is 1. The smallest absolute Gasteiger partial charge is 0.257 e. The summed E-state index contributed by atoms with van der Waals surface area (Å²) in [7, 11) is 0. The lowest BCUT2D eigenvalue weighted by atomic mass is 9.85. The van der Waals surface area contributed by atoms with Crippen LogP contribution in [0.15, 0.2) is 4.52 Å². The molecule has 7 heteroatoms. The molecule has 4 rings (SSSR count). The molecule has 0 aromatic carbocycles. The van der Waals surface area contributed by atoms with Crippen molar-refractivity contribution in [2.24, 2.45) is 5.41 Å². The van der Waals surface area contributed by atoms with E-state index in [2.05, 4.69) is 15.0 Å². The number of ether oxygens (including phenoxy) is 1. The maximum Gasteiger partial charge on any atom is 0.257 e. The van der Waals surface area contributed by atoms with E-state index < -0.39 is 0 Å². The highest BCUT2D eigenvalue weighted by molar-refractivity contribution is 5.85. The zero-order valence-corrected chi connectivity index (χ0v) is 14.5. The van der Waals surface area contributed by atoms with Crippen LogP contribution in [-0.2, 0) is 9.53 Å². The maximum absolute atomic E-state index is 12.9. The lowest BCUT2D eigenvalue weighted by Gasteiger charge is -2.37. The number of amides is 1. The number of rotatable bonds is 3. The molecular formula is C17H26N4O3. The van der Waals surface area contributed by atoms with Gasteiger partial charge in [-0.05, 0) is 33.1 Å².